The van der Waals surface area contributed by atoms with E-state index in [4.69, 9.17) is 5.73 Å². The largest absolute Gasteiger partial charge is 0.468 e. The summed E-state index contributed by atoms with van der Waals surface area (Å²) in [7, 11) is 1.37. The lowest BCUT2D eigenvalue weighted by Crippen LogP contribution is -2.32. The first-order chi connectivity index (χ1) is 6.24. The van der Waals surface area contributed by atoms with Crippen LogP contribution < -0.4 is 5.73 Å². The van der Waals surface area contributed by atoms with E-state index < -0.39 is 6.04 Å². The second-order valence-electron chi connectivity index (χ2n) is 3.44. The minimum Gasteiger partial charge on any atom is -0.468 e. The van der Waals surface area contributed by atoms with Gasteiger partial charge in [-0.25, -0.2) is 0 Å². The predicted molar refractivity (Wildman–Crippen MR) is 54.7 cm³/mol. The third-order valence-electron chi connectivity index (χ3n) is 2.13. The van der Waals surface area contributed by atoms with Crippen molar-refractivity contribution in [3.63, 3.8) is 0 Å². The minimum atomic E-state index is -0.434. The Morgan fingerprint density at radius 2 is 2.38 bits per heavy atom. The highest BCUT2D eigenvalue weighted by molar-refractivity contribution is 7.99. The summed E-state index contributed by atoms with van der Waals surface area (Å²) >= 11 is 1.89. The molecule has 0 aromatic heterocycles. The highest BCUT2D eigenvalue weighted by Gasteiger charge is 2.21. The molecule has 0 radical (unpaired) electrons. The van der Waals surface area contributed by atoms with E-state index in [-0.39, 0.29) is 5.97 Å². The topological polar surface area (TPSA) is 52.3 Å². The van der Waals surface area contributed by atoms with Crippen LogP contribution in [0.5, 0.6) is 0 Å². The number of carbonyl (C=O) groups is 1. The van der Waals surface area contributed by atoms with Gasteiger partial charge in [-0.2, -0.15) is 11.8 Å². The van der Waals surface area contributed by atoms with Gasteiger partial charge < -0.3 is 10.5 Å². The fraction of sp³-hybridized carbons (Fsp3) is 0.889. The maximum absolute atomic E-state index is 10.9. The molecule has 2 N–H and O–H groups in total. The molecule has 13 heavy (non-hydrogen) atoms. The third kappa shape index (κ3) is 4.52. The van der Waals surface area contributed by atoms with Crippen LogP contribution in [0.4, 0.5) is 0 Å². The fourth-order valence-electron chi connectivity index (χ4n) is 1.01. The molecule has 1 unspecified atom stereocenters. The minimum absolute atomic E-state index is 0.299. The van der Waals surface area contributed by atoms with Crippen LogP contribution in [-0.2, 0) is 9.53 Å². The highest BCUT2D eigenvalue weighted by Crippen LogP contribution is 2.32. The van der Waals surface area contributed by atoms with E-state index in [1.807, 2.05) is 11.8 Å². The Bertz CT molecular complexity index is 171. The molecule has 0 aromatic rings. The average molecular weight is 203 g/mol. The van der Waals surface area contributed by atoms with Crippen molar-refractivity contribution in [1.29, 1.82) is 0 Å². The van der Waals surface area contributed by atoms with Gasteiger partial charge in [0.15, 0.2) is 0 Å². The molecule has 0 heterocycles. The Hall–Kier alpha value is -0.220. The van der Waals surface area contributed by atoms with Gasteiger partial charge in [-0.3, -0.25) is 4.79 Å². The van der Waals surface area contributed by atoms with Gasteiger partial charge in [-0.05, 0) is 36.7 Å². The molecule has 0 amide bonds. The fourth-order valence-corrected chi connectivity index (χ4v) is 2.27. The number of rotatable bonds is 6. The SMILES string of the molecule is COC(=O)C(N)CCSCC1CC1. The molecule has 1 saturated carbocycles. The van der Waals surface area contributed by atoms with E-state index in [9.17, 15) is 4.79 Å². The second-order valence-corrected chi connectivity index (χ2v) is 4.59. The third-order valence-corrected chi connectivity index (χ3v) is 3.36. The number of carbonyl (C=O) groups excluding carboxylic acids is 1. The smallest absolute Gasteiger partial charge is 0.322 e. The van der Waals surface area contributed by atoms with Crippen LogP contribution in [0.15, 0.2) is 0 Å². The standard InChI is InChI=1S/C9H17NO2S/c1-12-9(11)8(10)4-5-13-6-7-2-3-7/h7-8H,2-6,10H2,1H3. The molecule has 0 bridgehead atoms. The number of hydrogen-bond donors (Lipinski definition) is 1. The van der Waals surface area contributed by atoms with Gasteiger partial charge in [0.1, 0.15) is 6.04 Å². The van der Waals surface area contributed by atoms with Crippen LogP contribution >= 0.6 is 11.8 Å². The van der Waals surface area contributed by atoms with Crippen molar-refractivity contribution >= 4 is 17.7 Å². The van der Waals surface area contributed by atoms with Crippen LogP contribution in [0.2, 0.25) is 0 Å². The monoisotopic (exact) mass is 203 g/mol. The quantitative estimate of drug-likeness (QED) is 0.517. The zero-order valence-electron chi connectivity index (χ0n) is 7.99. The van der Waals surface area contributed by atoms with Crippen LogP contribution in [0, 0.1) is 5.92 Å². The Balaban J connectivity index is 1.93. The van der Waals surface area contributed by atoms with Gasteiger partial charge in [-0.1, -0.05) is 0 Å². The number of methoxy groups -OCH3 is 1. The van der Waals surface area contributed by atoms with Crippen LogP contribution in [0.3, 0.4) is 0 Å². The van der Waals surface area contributed by atoms with Crippen molar-refractivity contribution in [2.24, 2.45) is 11.7 Å². The summed E-state index contributed by atoms with van der Waals surface area (Å²) in [5.41, 5.74) is 5.57. The average Bonchev–Trinajstić information content (AvgIpc) is 2.94. The van der Waals surface area contributed by atoms with Crippen molar-refractivity contribution in [3.8, 4) is 0 Å². The Kier molecular flexibility index (Phi) is 4.59. The maximum Gasteiger partial charge on any atom is 0.322 e. The number of thioether (sulfide) groups is 1. The molecular formula is C9H17NO2S. The van der Waals surface area contributed by atoms with Gasteiger partial charge in [-0.15, -0.1) is 0 Å². The summed E-state index contributed by atoms with van der Waals surface area (Å²) in [6.45, 7) is 0. The molecule has 0 saturated heterocycles. The number of nitrogens with two attached hydrogens (primary N) is 1. The van der Waals surface area contributed by atoms with Gasteiger partial charge >= 0.3 is 5.97 Å². The van der Waals surface area contributed by atoms with Gasteiger partial charge in [0.2, 0.25) is 0 Å². The zero-order chi connectivity index (χ0) is 9.68. The Labute approximate surface area is 83.4 Å². The highest BCUT2D eigenvalue weighted by atomic mass is 32.2. The maximum atomic E-state index is 10.9. The van der Waals surface area contributed by atoms with Crippen LogP contribution in [-0.4, -0.2) is 30.6 Å². The molecule has 1 aliphatic carbocycles. The number of ether oxygens (including phenoxy) is 1. The predicted octanol–water partition coefficient (Wildman–Crippen LogP) is 1.02. The number of hydrogen-bond acceptors (Lipinski definition) is 4. The molecule has 76 valence electrons. The van der Waals surface area contributed by atoms with E-state index in [0.717, 1.165) is 18.1 Å². The molecule has 4 heteroatoms. The van der Waals surface area contributed by atoms with Crippen molar-refractivity contribution in [2.45, 2.75) is 25.3 Å². The molecule has 0 spiro atoms. The lowest BCUT2D eigenvalue weighted by Gasteiger charge is -2.07. The molecular weight excluding hydrogens is 186 g/mol. The first-order valence-electron chi connectivity index (χ1n) is 4.65. The van der Waals surface area contributed by atoms with E-state index >= 15 is 0 Å². The Morgan fingerprint density at radius 3 is 2.92 bits per heavy atom. The lowest BCUT2D eigenvalue weighted by molar-refractivity contribution is -0.142. The first-order valence-corrected chi connectivity index (χ1v) is 5.80. The summed E-state index contributed by atoms with van der Waals surface area (Å²) in [6, 6.07) is -0.434. The lowest BCUT2D eigenvalue weighted by atomic mass is 10.2. The molecule has 3 nitrogen and oxygen atoms in total. The number of esters is 1. The summed E-state index contributed by atoms with van der Waals surface area (Å²) in [5, 5.41) is 0. The Morgan fingerprint density at radius 1 is 1.69 bits per heavy atom. The van der Waals surface area contributed by atoms with Crippen LogP contribution in [0.1, 0.15) is 19.3 Å². The van der Waals surface area contributed by atoms with Gasteiger partial charge in [0.05, 0.1) is 7.11 Å². The molecule has 1 atom stereocenters. The van der Waals surface area contributed by atoms with E-state index in [1.54, 1.807) is 0 Å². The van der Waals surface area contributed by atoms with Crippen molar-refractivity contribution < 1.29 is 9.53 Å². The van der Waals surface area contributed by atoms with Crippen molar-refractivity contribution in [1.82, 2.24) is 0 Å². The molecule has 1 aliphatic rings. The molecule has 0 aliphatic heterocycles. The summed E-state index contributed by atoms with van der Waals surface area (Å²) in [6.07, 6.45) is 3.50. The van der Waals surface area contributed by atoms with E-state index in [2.05, 4.69) is 4.74 Å². The summed E-state index contributed by atoms with van der Waals surface area (Å²) in [4.78, 5) is 10.9. The second kappa shape index (κ2) is 5.50. The van der Waals surface area contributed by atoms with E-state index in [0.29, 0.717) is 0 Å². The van der Waals surface area contributed by atoms with E-state index in [1.165, 1.54) is 25.7 Å². The van der Waals surface area contributed by atoms with Gasteiger partial charge in [0, 0.05) is 0 Å². The summed E-state index contributed by atoms with van der Waals surface area (Å²) in [5.74, 6) is 2.84. The first kappa shape index (κ1) is 10.9. The normalized spacial score (nSPS) is 18.3. The molecule has 1 rings (SSSR count). The molecule has 1 fully saturated rings. The van der Waals surface area contributed by atoms with Crippen LogP contribution in [0.25, 0.3) is 0 Å². The summed E-state index contributed by atoms with van der Waals surface area (Å²) < 4.78 is 4.53. The van der Waals surface area contributed by atoms with Gasteiger partial charge in [0.25, 0.3) is 0 Å². The van der Waals surface area contributed by atoms with Crippen molar-refractivity contribution in [2.75, 3.05) is 18.6 Å². The molecule has 0 aromatic carbocycles. The zero-order valence-corrected chi connectivity index (χ0v) is 8.81. The van der Waals surface area contributed by atoms with Crippen molar-refractivity contribution in [3.05, 3.63) is 0 Å².